The van der Waals surface area contributed by atoms with E-state index in [2.05, 4.69) is 39.2 Å². The molecule has 0 radical (unpaired) electrons. The third kappa shape index (κ3) is 7.15. The number of anilines is 2. The molecule has 10 heteroatoms. The molecule has 0 aromatic heterocycles. The zero-order valence-electron chi connectivity index (χ0n) is 24.6. The monoisotopic (exact) mass is 571 g/mol. The molecular formula is C30H45N5O4S. The zero-order chi connectivity index (χ0) is 28.9. The summed E-state index contributed by atoms with van der Waals surface area (Å²) in [6.45, 7) is 12.4. The first-order chi connectivity index (χ1) is 19.1. The highest BCUT2D eigenvalue weighted by atomic mass is 32.2. The Labute approximate surface area is 240 Å². The first-order valence-corrected chi connectivity index (χ1v) is 15.8. The molecule has 2 aliphatic heterocycles. The van der Waals surface area contributed by atoms with Crippen LogP contribution in [0.2, 0.25) is 0 Å². The Kier molecular flexibility index (Phi) is 10.1. The Bertz CT molecular complexity index is 1230. The van der Waals surface area contributed by atoms with Crippen LogP contribution in [-0.2, 0) is 14.8 Å². The van der Waals surface area contributed by atoms with Gasteiger partial charge in [0.25, 0.3) is 0 Å². The van der Waals surface area contributed by atoms with Gasteiger partial charge in [-0.25, -0.2) is 8.42 Å². The Morgan fingerprint density at radius 2 is 1.60 bits per heavy atom. The second kappa shape index (κ2) is 13.3. The third-order valence-electron chi connectivity index (χ3n) is 8.24. The van der Waals surface area contributed by atoms with Gasteiger partial charge in [-0.1, -0.05) is 6.92 Å². The van der Waals surface area contributed by atoms with Crippen molar-refractivity contribution in [2.45, 2.75) is 51.0 Å². The maximum absolute atomic E-state index is 13.4. The van der Waals surface area contributed by atoms with Gasteiger partial charge >= 0.3 is 0 Å². The van der Waals surface area contributed by atoms with Crippen molar-refractivity contribution in [3.05, 3.63) is 47.5 Å². The summed E-state index contributed by atoms with van der Waals surface area (Å²) < 4.78 is 33.5. The number of carbonyl (C=O) groups is 1. The second-order valence-corrected chi connectivity index (χ2v) is 12.9. The van der Waals surface area contributed by atoms with Crippen molar-refractivity contribution in [3.8, 4) is 5.75 Å². The van der Waals surface area contributed by atoms with Crippen LogP contribution in [0.1, 0.15) is 37.3 Å². The number of hydrogen-bond acceptors (Lipinski definition) is 7. The molecule has 2 aromatic carbocycles. The molecule has 0 unspecified atom stereocenters. The smallest absolute Gasteiger partial charge is 0.243 e. The lowest BCUT2D eigenvalue weighted by Gasteiger charge is -2.42. The molecule has 2 aromatic rings. The van der Waals surface area contributed by atoms with Crippen molar-refractivity contribution in [2.24, 2.45) is 0 Å². The van der Waals surface area contributed by atoms with Crippen molar-refractivity contribution >= 4 is 27.3 Å². The van der Waals surface area contributed by atoms with Crippen LogP contribution in [0.3, 0.4) is 0 Å². The van der Waals surface area contributed by atoms with Crippen molar-refractivity contribution in [1.82, 2.24) is 14.1 Å². The van der Waals surface area contributed by atoms with E-state index in [1.165, 1.54) is 22.8 Å². The highest BCUT2D eigenvalue weighted by molar-refractivity contribution is 7.89. The molecule has 1 N–H and O–H groups in total. The van der Waals surface area contributed by atoms with Gasteiger partial charge in [0.1, 0.15) is 5.75 Å². The van der Waals surface area contributed by atoms with Gasteiger partial charge in [0.05, 0.1) is 12.0 Å². The van der Waals surface area contributed by atoms with E-state index in [4.69, 9.17) is 4.74 Å². The molecule has 40 heavy (non-hydrogen) atoms. The van der Waals surface area contributed by atoms with E-state index in [1.807, 2.05) is 12.1 Å². The van der Waals surface area contributed by atoms with Gasteiger partial charge in [-0.2, -0.15) is 4.31 Å². The van der Waals surface area contributed by atoms with Gasteiger partial charge in [-0.05, 0) is 81.3 Å². The fourth-order valence-electron chi connectivity index (χ4n) is 5.89. The highest BCUT2D eigenvalue weighted by Crippen LogP contribution is 2.29. The molecule has 0 saturated carbocycles. The summed E-state index contributed by atoms with van der Waals surface area (Å²) >= 11 is 0. The number of piperidine rings is 1. The number of sulfonamides is 1. The maximum Gasteiger partial charge on any atom is 0.243 e. The van der Waals surface area contributed by atoms with Crippen molar-refractivity contribution in [1.29, 1.82) is 0 Å². The van der Waals surface area contributed by atoms with Crippen LogP contribution in [0.25, 0.3) is 0 Å². The van der Waals surface area contributed by atoms with E-state index in [0.717, 1.165) is 39.3 Å². The number of likely N-dealkylation sites (N-methyl/N-ethyl adjacent to an activating group) is 1. The number of piperazine rings is 1. The molecule has 4 rings (SSSR count). The number of ether oxygens (including phenoxy) is 1. The average molecular weight is 572 g/mol. The molecule has 2 fully saturated rings. The minimum Gasteiger partial charge on any atom is -0.497 e. The van der Waals surface area contributed by atoms with Crippen LogP contribution in [0.5, 0.6) is 5.75 Å². The Morgan fingerprint density at radius 1 is 1.00 bits per heavy atom. The van der Waals surface area contributed by atoms with Crippen molar-refractivity contribution in [3.63, 3.8) is 0 Å². The molecule has 2 saturated heterocycles. The topological polar surface area (TPSA) is 85.4 Å². The average Bonchev–Trinajstić information content (AvgIpc) is 2.93. The Morgan fingerprint density at radius 3 is 2.15 bits per heavy atom. The second-order valence-electron chi connectivity index (χ2n) is 11.0. The number of rotatable bonds is 10. The molecule has 0 bridgehead atoms. The van der Waals surface area contributed by atoms with Gasteiger partial charge in [-0.15, -0.1) is 0 Å². The van der Waals surface area contributed by atoms with Gasteiger partial charge in [0.2, 0.25) is 15.9 Å². The SMILES string of the molecule is CCN(CCC(=O)Nc1ccc(N2CCC(N3CCN(C)CC3)CC2)cc1)S(=O)(=O)c1c(C)cc(OC)cc1C. The molecule has 1 amide bonds. The van der Waals surface area contributed by atoms with E-state index in [1.54, 1.807) is 40.0 Å². The summed E-state index contributed by atoms with van der Waals surface area (Å²) in [7, 11) is 0.00608. The quantitative estimate of drug-likeness (QED) is 0.467. The van der Waals surface area contributed by atoms with Crippen LogP contribution in [0, 0.1) is 13.8 Å². The molecule has 0 aliphatic carbocycles. The number of nitrogens with one attached hydrogen (secondary N) is 1. The molecule has 2 aliphatic rings. The first kappa shape index (κ1) is 30.3. The lowest BCUT2D eigenvalue weighted by Crippen LogP contribution is -2.52. The predicted molar refractivity (Wildman–Crippen MR) is 161 cm³/mol. The predicted octanol–water partition coefficient (Wildman–Crippen LogP) is 3.57. The fourth-order valence-corrected chi connectivity index (χ4v) is 7.76. The molecular weight excluding hydrogens is 526 g/mol. The maximum atomic E-state index is 13.4. The van der Waals surface area contributed by atoms with Crippen LogP contribution in [-0.4, -0.2) is 101 Å². The fraction of sp³-hybridized carbons (Fsp3) is 0.567. The van der Waals surface area contributed by atoms with Crippen LogP contribution in [0.4, 0.5) is 11.4 Å². The van der Waals surface area contributed by atoms with E-state index < -0.39 is 10.0 Å². The number of aryl methyl sites for hydroxylation is 2. The van der Waals surface area contributed by atoms with Gasteiger partial charge in [0.15, 0.2) is 0 Å². The summed E-state index contributed by atoms with van der Waals surface area (Å²) in [5, 5.41) is 2.93. The van der Waals surface area contributed by atoms with Gasteiger partial charge < -0.3 is 19.9 Å². The number of nitrogens with zero attached hydrogens (tertiary/aromatic N) is 4. The van der Waals surface area contributed by atoms with Crippen LogP contribution in [0.15, 0.2) is 41.3 Å². The summed E-state index contributed by atoms with van der Waals surface area (Å²) in [5.41, 5.74) is 3.14. The van der Waals surface area contributed by atoms with E-state index >= 15 is 0 Å². The third-order valence-corrected chi connectivity index (χ3v) is 10.5. The number of hydrogen-bond donors (Lipinski definition) is 1. The van der Waals surface area contributed by atoms with E-state index in [0.29, 0.717) is 28.6 Å². The van der Waals surface area contributed by atoms with E-state index in [-0.39, 0.29) is 30.3 Å². The lowest BCUT2D eigenvalue weighted by atomic mass is 10.0. The highest BCUT2D eigenvalue weighted by Gasteiger charge is 2.28. The number of methoxy groups -OCH3 is 1. The molecule has 0 atom stereocenters. The summed E-state index contributed by atoms with van der Waals surface area (Å²) in [5.74, 6) is 0.412. The first-order valence-electron chi connectivity index (χ1n) is 14.3. The summed E-state index contributed by atoms with van der Waals surface area (Å²) in [6, 6.07) is 12.1. The summed E-state index contributed by atoms with van der Waals surface area (Å²) in [4.78, 5) is 20.5. The molecule has 220 valence electrons. The minimum atomic E-state index is -3.75. The Hall–Kier alpha value is -2.66. The van der Waals surface area contributed by atoms with Crippen LogP contribution < -0.4 is 15.0 Å². The number of carbonyl (C=O) groups excluding carboxylic acids is 1. The van der Waals surface area contributed by atoms with Gasteiger partial charge in [0, 0.05) is 76.2 Å². The molecule has 0 spiro atoms. The Balaban J connectivity index is 1.28. The molecule has 2 heterocycles. The normalized spacial score (nSPS) is 17.8. The van der Waals surface area contributed by atoms with E-state index in [9.17, 15) is 13.2 Å². The van der Waals surface area contributed by atoms with Crippen LogP contribution >= 0.6 is 0 Å². The minimum absolute atomic E-state index is 0.0723. The van der Waals surface area contributed by atoms with Crippen molar-refractivity contribution < 1.29 is 17.9 Å². The van der Waals surface area contributed by atoms with Crippen molar-refractivity contribution in [2.75, 3.05) is 76.7 Å². The largest absolute Gasteiger partial charge is 0.497 e. The number of amides is 1. The van der Waals surface area contributed by atoms with Gasteiger partial charge in [-0.3, -0.25) is 9.69 Å². The lowest BCUT2D eigenvalue weighted by molar-refractivity contribution is -0.116. The summed E-state index contributed by atoms with van der Waals surface area (Å²) in [6.07, 6.45) is 2.42. The standard InChI is InChI=1S/C30H45N5O4S/c1-6-35(40(37,38)30-23(2)21-28(39-5)22-24(30)3)16-13-29(36)31-25-7-9-26(10-8-25)33-14-11-27(12-15-33)34-19-17-32(4)18-20-34/h7-10,21-22,27H,6,11-20H2,1-5H3,(H,31,36). The zero-order valence-corrected chi connectivity index (χ0v) is 25.5. The number of benzene rings is 2. The molecule has 9 nitrogen and oxygen atoms in total.